The van der Waals surface area contributed by atoms with Crippen LogP contribution in [0.4, 0.5) is 5.69 Å². The Balaban J connectivity index is 1.46. The predicted octanol–water partition coefficient (Wildman–Crippen LogP) is 4.67. The van der Waals surface area contributed by atoms with Crippen molar-refractivity contribution in [1.29, 1.82) is 5.26 Å². The zero-order chi connectivity index (χ0) is 25.2. The number of carbonyl (C=O) groups is 1. The third-order valence-corrected chi connectivity index (χ3v) is 6.49. The van der Waals surface area contributed by atoms with E-state index in [0.29, 0.717) is 23.4 Å². The summed E-state index contributed by atoms with van der Waals surface area (Å²) in [5.74, 6) is -0.203. The maximum absolute atomic E-state index is 13.2. The van der Waals surface area contributed by atoms with Gasteiger partial charge in [0.15, 0.2) is 0 Å². The van der Waals surface area contributed by atoms with Crippen LogP contribution in [-0.2, 0) is 4.74 Å². The lowest BCUT2D eigenvalue weighted by Crippen LogP contribution is -2.35. The van der Waals surface area contributed by atoms with E-state index in [9.17, 15) is 10.1 Å². The number of amides is 1. The smallest absolute Gasteiger partial charge is 0.255 e. The molecule has 1 fully saturated rings. The highest BCUT2D eigenvalue weighted by Crippen LogP contribution is 2.27. The van der Waals surface area contributed by atoms with E-state index in [-0.39, 0.29) is 17.9 Å². The van der Waals surface area contributed by atoms with Crippen LogP contribution in [0.25, 0.3) is 16.6 Å². The summed E-state index contributed by atoms with van der Waals surface area (Å²) in [7, 11) is 2.08. The molecule has 1 atom stereocenters. The average molecular weight is 481 g/mol. The van der Waals surface area contributed by atoms with E-state index in [2.05, 4.69) is 33.4 Å². The molecule has 8 heteroatoms. The molecule has 1 amide bonds. The van der Waals surface area contributed by atoms with Gasteiger partial charge in [0.1, 0.15) is 6.10 Å². The molecular weight excluding hydrogens is 452 g/mol. The van der Waals surface area contributed by atoms with Gasteiger partial charge in [-0.25, -0.2) is 4.68 Å². The van der Waals surface area contributed by atoms with E-state index in [4.69, 9.17) is 4.74 Å². The van der Waals surface area contributed by atoms with Gasteiger partial charge in [-0.1, -0.05) is 19.9 Å². The number of carbonyl (C=O) groups excluding carboxylic acids is 1. The molecule has 1 aliphatic heterocycles. The number of rotatable bonds is 5. The van der Waals surface area contributed by atoms with Gasteiger partial charge < -0.3 is 15.0 Å². The summed E-state index contributed by atoms with van der Waals surface area (Å²) < 4.78 is 7.79. The van der Waals surface area contributed by atoms with Crippen LogP contribution in [-0.4, -0.2) is 52.3 Å². The first-order valence-electron chi connectivity index (χ1n) is 12.0. The van der Waals surface area contributed by atoms with Crippen LogP contribution in [0.1, 0.15) is 53.0 Å². The second-order valence-corrected chi connectivity index (χ2v) is 9.38. The van der Waals surface area contributed by atoms with Crippen molar-refractivity contribution in [3.8, 4) is 11.8 Å². The van der Waals surface area contributed by atoms with Crippen molar-refractivity contribution in [1.82, 2.24) is 19.7 Å². The van der Waals surface area contributed by atoms with E-state index in [1.165, 1.54) is 0 Å². The van der Waals surface area contributed by atoms with E-state index >= 15 is 0 Å². The number of hydrogen-bond donors (Lipinski definition) is 1. The molecule has 5 rings (SSSR count). The minimum absolute atomic E-state index is 0.0410. The SMILES string of the molecule is CC(C)c1c(C#N)cccc1C(=O)Nc1ccc2cnn(-c3ccnc([C@@H]4CN(C)CCO4)c3)c2c1. The fourth-order valence-electron chi connectivity index (χ4n) is 4.68. The number of morpholine rings is 1. The molecule has 0 unspecified atom stereocenters. The number of likely N-dealkylation sites (N-methyl/N-ethyl adjacent to an activating group) is 1. The molecule has 3 heterocycles. The molecule has 36 heavy (non-hydrogen) atoms. The Hall–Kier alpha value is -4.06. The second-order valence-electron chi connectivity index (χ2n) is 9.38. The highest BCUT2D eigenvalue weighted by molar-refractivity contribution is 6.06. The summed E-state index contributed by atoms with van der Waals surface area (Å²) in [5, 5.41) is 18.1. The van der Waals surface area contributed by atoms with Crippen LogP contribution >= 0.6 is 0 Å². The molecule has 1 aliphatic rings. The first-order chi connectivity index (χ1) is 17.4. The minimum atomic E-state index is -0.244. The number of ether oxygens (including phenoxy) is 1. The number of pyridine rings is 1. The van der Waals surface area contributed by atoms with E-state index in [0.717, 1.165) is 40.9 Å². The van der Waals surface area contributed by atoms with Gasteiger partial charge in [-0.2, -0.15) is 10.4 Å². The number of hydrogen-bond acceptors (Lipinski definition) is 6. The summed E-state index contributed by atoms with van der Waals surface area (Å²) >= 11 is 0. The number of anilines is 1. The highest BCUT2D eigenvalue weighted by Gasteiger charge is 2.22. The van der Waals surface area contributed by atoms with Gasteiger partial charge in [-0.05, 0) is 61.0 Å². The predicted molar refractivity (Wildman–Crippen MR) is 138 cm³/mol. The maximum Gasteiger partial charge on any atom is 0.255 e. The molecule has 8 nitrogen and oxygen atoms in total. The maximum atomic E-state index is 13.2. The van der Waals surface area contributed by atoms with Crippen LogP contribution in [0.3, 0.4) is 0 Å². The quantitative estimate of drug-likeness (QED) is 0.446. The van der Waals surface area contributed by atoms with Gasteiger partial charge in [0.2, 0.25) is 0 Å². The fraction of sp³-hybridized carbons (Fsp3) is 0.286. The number of nitrogens with zero attached hydrogens (tertiary/aromatic N) is 5. The average Bonchev–Trinajstić information content (AvgIpc) is 3.31. The fourth-order valence-corrected chi connectivity index (χ4v) is 4.68. The van der Waals surface area contributed by atoms with Crippen molar-refractivity contribution < 1.29 is 9.53 Å². The zero-order valence-corrected chi connectivity index (χ0v) is 20.6. The topological polar surface area (TPSA) is 96.1 Å². The lowest BCUT2D eigenvalue weighted by atomic mass is 9.92. The van der Waals surface area contributed by atoms with Crippen molar-refractivity contribution >= 4 is 22.5 Å². The zero-order valence-electron chi connectivity index (χ0n) is 20.6. The van der Waals surface area contributed by atoms with Crippen molar-refractivity contribution in [3.63, 3.8) is 0 Å². The molecule has 4 aromatic rings. The van der Waals surface area contributed by atoms with Crippen LogP contribution in [0.15, 0.2) is 60.9 Å². The van der Waals surface area contributed by atoms with E-state index < -0.39 is 0 Å². The van der Waals surface area contributed by atoms with Gasteiger partial charge in [-0.3, -0.25) is 9.78 Å². The molecule has 0 radical (unpaired) electrons. The molecule has 2 aromatic heterocycles. The Morgan fingerprint density at radius 1 is 1.22 bits per heavy atom. The summed E-state index contributed by atoms with van der Waals surface area (Å²) in [6.45, 7) is 6.34. The van der Waals surface area contributed by atoms with Gasteiger partial charge in [0.25, 0.3) is 5.91 Å². The van der Waals surface area contributed by atoms with Crippen molar-refractivity contribution in [3.05, 3.63) is 83.3 Å². The van der Waals surface area contributed by atoms with Crippen LogP contribution in [0.5, 0.6) is 0 Å². The first kappa shape index (κ1) is 23.7. The minimum Gasteiger partial charge on any atom is -0.369 e. The van der Waals surface area contributed by atoms with Crippen LogP contribution in [0, 0.1) is 11.3 Å². The van der Waals surface area contributed by atoms with E-state index in [1.54, 1.807) is 30.6 Å². The molecule has 0 aliphatic carbocycles. The number of benzene rings is 2. The molecule has 1 saturated heterocycles. The summed E-state index contributed by atoms with van der Waals surface area (Å²) in [6.07, 6.45) is 3.50. The molecule has 1 N–H and O–H groups in total. The van der Waals surface area contributed by atoms with Gasteiger partial charge >= 0.3 is 0 Å². The second kappa shape index (κ2) is 9.90. The molecule has 0 spiro atoms. The lowest BCUT2D eigenvalue weighted by molar-refractivity contribution is -0.0231. The van der Waals surface area contributed by atoms with Gasteiger partial charge in [0, 0.05) is 35.9 Å². The third-order valence-electron chi connectivity index (χ3n) is 6.49. The number of nitriles is 1. The van der Waals surface area contributed by atoms with Crippen LogP contribution < -0.4 is 5.32 Å². The Kier molecular flexibility index (Phi) is 6.51. The first-order valence-corrected chi connectivity index (χ1v) is 12.0. The summed E-state index contributed by atoms with van der Waals surface area (Å²) in [4.78, 5) is 20.0. The van der Waals surface area contributed by atoms with Crippen molar-refractivity contribution in [2.75, 3.05) is 32.1 Å². The molecular formula is C28H28N6O2. The molecule has 0 bridgehead atoms. The number of fused-ring (bicyclic) bond motifs is 1. The van der Waals surface area contributed by atoms with Gasteiger partial charge in [0.05, 0.1) is 41.3 Å². The number of aromatic nitrogens is 3. The highest BCUT2D eigenvalue weighted by atomic mass is 16.5. The largest absolute Gasteiger partial charge is 0.369 e. The van der Waals surface area contributed by atoms with Crippen LogP contribution in [0.2, 0.25) is 0 Å². The lowest BCUT2D eigenvalue weighted by Gasteiger charge is -2.29. The number of nitrogens with one attached hydrogen (secondary N) is 1. The van der Waals surface area contributed by atoms with Gasteiger partial charge in [-0.15, -0.1) is 0 Å². The summed E-state index contributed by atoms with van der Waals surface area (Å²) in [5.41, 5.74) is 5.04. The molecule has 2 aromatic carbocycles. The Labute approximate surface area is 210 Å². The Morgan fingerprint density at radius 2 is 2.08 bits per heavy atom. The molecule has 182 valence electrons. The Bertz CT molecular complexity index is 1470. The van der Waals surface area contributed by atoms with E-state index in [1.807, 2.05) is 48.9 Å². The van der Waals surface area contributed by atoms with Crippen molar-refractivity contribution in [2.45, 2.75) is 25.9 Å². The molecule has 0 saturated carbocycles. The normalized spacial score (nSPS) is 16.2. The monoisotopic (exact) mass is 480 g/mol. The standard InChI is InChI=1S/C28H28N6O2/c1-18(2)27-19(15-29)5-4-6-23(27)28(35)32-21-8-7-20-16-31-34(25(20)13-21)22-9-10-30-24(14-22)26-17-33(3)11-12-36-26/h4-10,13-14,16,18,26H,11-12,17H2,1-3H3,(H,32,35)/t26-/m0/s1. The Morgan fingerprint density at radius 3 is 2.86 bits per heavy atom. The summed E-state index contributed by atoms with van der Waals surface area (Å²) in [6, 6.07) is 17.1. The van der Waals surface area contributed by atoms with Crippen molar-refractivity contribution in [2.24, 2.45) is 0 Å². The third kappa shape index (κ3) is 4.59.